The molecular formula is C13H19NO. The molecule has 0 saturated carbocycles. The van der Waals surface area contributed by atoms with Gasteiger partial charge in [0.2, 0.25) is 0 Å². The Bertz CT molecular complexity index is 295. The van der Waals surface area contributed by atoms with E-state index in [4.69, 9.17) is 0 Å². The molecule has 0 aliphatic rings. The topological polar surface area (TPSA) is 29.1 Å². The van der Waals surface area contributed by atoms with Gasteiger partial charge in [-0.1, -0.05) is 37.3 Å². The molecule has 1 aromatic rings. The highest BCUT2D eigenvalue weighted by molar-refractivity contribution is 5.78. The van der Waals surface area contributed by atoms with Gasteiger partial charge in [-0.15, -0.1) is 0 Å². The number of hydrogen-bond donors (Lipinski definition) is 1. The zero-order valence-corrected chi connectivity index (χ0v) is 9.49. The first-order chi connectivity index (χ1) is 7.22. The van der Waals surface area contributed by atoms with E-state index in [1.165, 1.54) is 5.56 Å². The smallest absolute Gasteiger partial charge is 0.134 e. The predicted octanol–water partition coefficient (Wildman–Crippen LogP) is 2.53. The third-order valence-electron chi connectivity index (χ3n) is 2.43. The van der Waals surface area contributed by atoms with Gasteiger partial charge in [-0.25, -0.2) is 0 Å². The first-order valence-electron chi connectivity index (χ1n) is 5.51. The van der Waals surface area contributed by atoms with E-state index in [0.717, 1.165) is 6.54 Å². The molecule has 0 fully saturated rings. The molecule has 1 N–H and O–H groups in total. The number of carbonyl (C=O) groups excluding carboxylic acids is 1. The summed E-state index contributed by atoms with van der Waals surface area (Å²) in [5, 5.41) is 3.34. The van der Waals surface area contributed by atoms with Crippen LogP contribution in [0.4, 0.5) is 0 Å². The molecule has 0 radical (unpaired) electrons. The Morgan fingerprint density at radius 3 is 2.60 bits per heavy atom. The van der Waals surface area contributed by atoms with E-state index in [2.05, 4.69) is 24.4 Å². The van der Waals surface area contributed by atoms with E-state index in [-0.39, 0.29) is 6.04 Å². The molecule has 0 aromatic heterocycles. The van der Waals surface area contributed by atoms with Crippen LogP contribution >= 0.6 is 0 Å². The summed E-state index contributed by atoms with van der Waals surface area (Å²) in [5.41, 5.74) is 1.26. The molecule has 0 heterocycles. The maximum absolute atomic E-state index is 11.2. The zero-order chi connectivity index (χ0) is 11.1. The molecule has 0 saturated heterocycles. The Kier molecular flexibility index (Phi) is 5.05. The van der Waals surface area contributed by atoms with Crippen LogP contribution in [0.3, 0.4) is 0 Å². The normalized spacial score (nSPS) is 12.4. The van der Waals surface area contributed by atoms with Crippen molar-refractivity contribution in [3.05, 3.63) is 35.9 Å². The van der Waals surface area contributed by atoms with Crippen LogP contribution in [-0.2, 0) is 11.3 Å². The van der Waals surface area contributed by atoms with Gasteiger partial charge in [0, 0.05) is 25.4 Å². The van der Waals surface area contributed by atoms with Gasteiger partial charge < -0.3 is 5.32 Å². The van der Waals surface area contributed by atoms with Crippen LogP contribution in [0, 0.1) is 0 Å². The Balaban J connectivity index is 2.28. The van der Waals surface area contributed by atoms with E-state index in [1.54, 1.807) is 0 Å². The van der Waals surface area contributed by atoms with Crippen molar-refractivity contribution in [3.8, 4) is 0 Å². The van der Waals surface area contributed by atoms with Gasteiger partial charge in [0.25, 0.3) is 0 Å². The summed E-state index contributed by atoms with van der Waals surface area (Å²) in [6, 6.07) is 10.5. The molecule has 82 valence electrons. The second-order valence-electron chi connectivity index (χ2n) is 3.86. The molecule has 0 bridgehead atoms. The van der Waals surface area contributed by atoms with Crippen LogP contribution < -0.4 is 5.32 Å². The fourth-order valence-electron chi connectivity index (χ4n) is 1.45. The van der Waals surface area contributed by atoms with Crippen molar-refractivity contribution >= 4 is 5.78 Å². The maximum Gasteiger partial charge on any atom is 0.134 e. The quantitative estimate of drug-likeness (QED) is 0.773. The minimum atomic E-state index is 0.262. The van der Waals surface area contributed by atoms with Crippen molar-refractivity contribution in [1.29, 1.82) is 0 Å². The molecule has 15 heavy (non-hydrogen) atoms. The molecule has 1 unspecified atom stereocenters. The van der Waals surface area contributed by atoms with Crippen molar-refractivity contribution in [1.82, 2.24) is 5.32 Å². The molecule has 2 heteroatoms. The van der Waals surface area contributed by atoms with Crippen molar-refractivity contribution in [2.75, 3.05) is 0 Å². The van der Waals surface area contributed by atoms with Gasteiger partial charge >= 0.3 is 0 Å². The molecule has 0 spiro atoms. The van der Waals surface area contributed by atoms with E-state index in [9.17, 15) is 4.79 Å². The van der Waals surface area contributed by atoms with Crippen LogP contribution in [0.5, 0.6) is 0 Å². The molecule has 2 nitrogen and oxygen atoms in total. The third kappa shape index (κ3) is 4.75. The first kappa shape index (κ1) is 11.9. The second-order valence-corrected chi connectivity index (χ2v) is 3.86. The van der Waals surface area contributed by atoms with Gasteiger partial charge in [-0.05, 0) is 12.5 Å². The number of rotatable bonds is 6. The number of carbonyl (C=O) groups is 1. The molecule has 0 aliphatic heterocycles. The van der Waals surface area contributed by atoms with Gasteiger partial charge in [0.05, 0.1) is 0 Å². The lowest BCUT2D eigenvalue weighted by molar-refractivity contribution is -0.119. The monoisotopic (exact) mass is 205 g/mol. The number of ketones is 1. The zero-order valence-electron chi connectivity index (χ0n) is 9.49. The highest BCUT2D eigenvalue weighted by Gasteiger charge is 2.06. The number of nitrogens with one attached hydrogen (secondary N) is 1. The minimum Gasteiger partial charge on any atom is -0.310 e. The lowest BCUT2D eigenvalue weighted by Crippen LogP contribution is -2.27. The minimum absolute atomic E-state index is 0.262. The van der Waals surface area contributed by atoms with Crippen LogP contribution in [0.15, 0.2) is 30.3 Å². The van der Waals surface area contributed by atoms with Crippen LogP contribution in [-0.4, -0.2) is 11.8 Å². The first-order valence-corrected chi connectivity index (χ1v) is 5.51. The van der Waals surface area contributed by atoms with Gasteiger partial charge in [0.15, 0.2) is 0 Å². The maximum atomic E-state index is 11.2. The molecule has 1 atom stereocenters. The number of benzene rings is 1. The van der Waals surface area contributed by atoms with Crippen molar-refractivity contribution in [3.63, 3.8) is 0 Å². The fraction of sp³-hybridized carbons (Fsp3) is 0.462. The molecule has 0 amide bonds. The second kappa shape index (κ2) is 6.36. The van der Waals surface area contributed by atoms with E-state index in [1.807, 2.05) is 25.1 Å². The van der Waals surface area contributed by atoms with E-state index < -0.39 is 0 Å². The molecule has 1 aromatic carbocycles. The average molecular weight is 205 g/mol. The summed E-state index contributed by atoms with van der Waals surface area (Å²) >= 11 is 0. The van der Waals surface area contributed by atoms with E-state index >= 15 is 0 Å². The van der Waals surface area contributed by atoms with Crippen LogP contribution in [0.1, 0.15) is 32.3 Å². The number of Topliss-reactive ketones (excluding diaryl/α,β-unsaturated/α-hetero) is 1. The predicted molar refractivity (Wildman–Crippen MR) is 62.7 cm³/mol. The molecular weight excluding hydrogens is 186 g/mol. The van der Waals surface area contributed by atoms with Crippen molar-refractivity contribution in [2.24, 2.45) is 0 Å². The summed E-state index contributed by atoms with van der Waals surface area (Å²) in [5.74, 6) is 0.322. The van der Waals surface area contributed by atoms with Gasteiger partial charge in [-0.3, -0.25) is 4.79 Å². The third-order valence-corrected chi connectivity index (χ3v) is 2.43. The van der Waals surface area contributed by atoms with Crippen molar-refractivity contribution in [2.45, 2.75) is 39.3 Å². The number of hydrogen-bond acceptors (Lipinski definition) is 2. The lowest BCUT2D eigenvalue weighted by atomic mass is 10.1. The van der Waals surface area contributed by atoms with Crippen molar-refractivity contribution < 1.29 is 4.79 Å². The Morgan fingerprint density at radius 1 is 1.33 bits per heavy atom. The highest BCUT2D eigenvalue weighted by atomic mass is 16.1. The van der Waals surface area contributed by atoms with Gasteiger partial charge in [0.1, 0.15) is 5.78 Å². The standard InChI is InChI=1S/C13H19NO/c1-3-13(15)9-11(2)14-10-12-7-5-4-6-8-12/h4-8,11,14H,3,9-10H2,1-2H3. The summed E-state index contributed by atoms with van der Waals surface area (Å²) in [6.45, 7) is 4.79. The van der Waals surface area contributed by atoms with Crippen LogP contribution in [0.25, 0.3) is 0 Å². The SMILES string of the molecule is CCC(=O)CC(C)NCc1ccccc1. The van der Waals surface area contributed by atoms with Gasteiger partial charge in [-0.2, -0.15) is 0 Å². The Labute approximate surface area is 91.7 Å². The summed E-state index contributed by atoms with van der Waals surface area (Å²) in [7, 11) is 0. The fourth-order valence-corrected chi connectivity index (χ4v) is 1.45. The largest absolute Gasteiger partial charge is 0.310 e. The summed E-state index contributed by atoms with van der Waals surface area (Å²) < 4.78 is 0. The van der Waals surface area contributed by atoms with E-state index in [0.29, 0.717) is 18.6 Å². The highest BCUT2D eigenvalue weighted by Crippen LogP contribution is 2.00. The lowest BCUT2D eigenvalue weighted by Gasteiger charge is -2.12. The Hall–Kier alpha value is -1.15. The molecule has 0 aliphatic carbocycles. The summed E-state index contributed by atoms with van der Waals surface area (Å²) in [4.78, 5) is 11.2. The average Bonchev–Trinajstić information content (AvgIpc) is 2.27. The Morgan fingerprint density at radius 2 is 2.00 bits per heavy atom. The van der Waals surface area contributed by atoms with Crippen LogP contribution in [0.2, 0.25) is 0 Å². The molecule has 1 rings (SSSR count). The summed E-state index contributed by atoms with van der Waals surface area (Å²) in [6.07, 6.45) is 1.26.